The molecular weight excluding hydrogens is 308 g/mol. The smallest absolute Gasteiger partial charge is 0.129 e. The molecule has 0 aromatic heterocycles. The van der Waals surface area contributed by atoms with Gasteiger partial charge < -0.3 is 5.32 Å². The maximum absolute atomic E-state index is 13.8. The Bertz CT molecular complexity index is 632. The van der Waals surface area contributed by atoms with Crippen LogP contribution in [-0.4, -0.2) is 6.54 Å². The summed E-state index contributed by atoms with van der Waals surface area (Å²) in [6.07, 6.45) is 0. The van der Waals surface area contributed by atoms with Crippen molar-refractivity contribution in [3.05, 3.63) is 68.4 Å². The van der Waals surface area contributed by atoms with Crippen LogP contribution in [0.1, 0.15) is 35.2 Å². The number of hydrogen-bond acceptors (Lipinski definition) is 1. The van der Waals surface area contributed by atoms with Crippen LogP contribution in [0.3, 0.4) is 0 Å². The fourth-order valence-electron chi connectivity index (χ4n) is 2.50. The number of rotatable bonds is 4. The molecule has 0 radical (unpaired) electrons. The van der Waals surface area contributed by atoms with Crippen LogP contribution in [0.25, 0.3) is 0 Å². The molecule has 1 unspecified atom stereocenters. The Morgan fingerprint density at radius 1 is 1.14 bits per heavy atom. The van der Waals surface area contributed by atoms with Gasteiger partial charge >= 0.3 is 0 Å². The molecule has 0 saturated carbocycles. The molecule has 2 aromatic rings. The highest BCUT2D eigenvalue weighted by Gasteiger charge is 2.19. The highest BCUT2D eigenvalue weighted by Crippen LogP contribution is 2.34. The van der Waals surface area contributed by atoms with Crippen LogP contribution in [0.15, 0.2) is 30.3 Å². The van der Waals surface area contributed by atoms with Crippen molar-refractivity contribution < 1.29 is 4.39 Å². The summed E-state index contributed by atoms with van der Waals surface area (Å²) in [6.45, 7) is 6.33. The average molecular weight is 326 g/mol. The van der Waals surface area contributed by atoms with Crippen LogP contribution < -0.4 is 5.32 Å². The van der Waals surface area contributed by atoms with E-state index in [1.54, 1.807) is 19.9 Å². The minimum Gasteiger partial charge on any atom is -0.306 e. The summed E-state index contributed by atoms with van der Waals surface area (Å²) in [5, 5.41) is 4.44. The van der Waals surface area contributed by atoms with Gasteiger partial charge in [0.25, 0.3) is 0 Å². The zero-order valence-electron chi connectivity index (χ0n) is 12.3. The van der Waals surface area contributed by atoms with E-state index in [9.17, 15) is 4.39 Å². The third-order valence-electron chi connectivity index (χ3n) is 3.49. The largest absolute Gasteiger partial charge is 0.306 e. The molecule has 1 nitrogen and oxygen atoms in total. The van der Waals surface area contributed by atoms with E-state index in [0.717, 1.165) is 17.7 Å². The molecule has 0 aliphatic carbocycles. The highest BCUT2D eigenvalue weighted by atomic mass is 35.5. The third kappa shape index (κ3) is 3.39. The normalized spacial score (nSPS) is 12.5. The molecule has 2 rings (SSSR count). The summed E-state index contributed by atoms with van der Waals surface area (Å²) in [5.74, 6) is -0.161. The second kappa shape index (κ2) is 6.78. The van der Waals surface area contributed by atoms with Gasteiger partial charge in [-0.25, -0.2) is 4.39 Å². The Labute approximate surface area is 135 Å². The van der Waals surface area contributed by atoms with Gasteiger partial charge in [-0.1, -0.05) is 54.4 Å². The molecular formula is C17H18Cl2FN. The Kier molecular flexibility index (Phi) is 5.26. The summed E-state index contributed by atoms with van der Waals surface area (Å²) in [4.78, 5) is 0. The first-order chi connectivity index (χ1) is 9.95. The fourth-order valence-corrected chi connectivity index (χ4v) is 2.92. The average Bonchev–Trinajstić information content (AvgIpc) is 2.45. The van der Waals surface area contributed by atoms with Crippen LogP contribution in [-0.2, 0) is 0 Å². The molecule has 112 valence electrons. The number of nitrogens with one attached hydrogen (secondary N) is 1. The summed E-state index contributed by atoms with van der Waals surface area (Å²) >= 11 is 12.5. The van der Waals surface area contributed by atoms with Gasteiger partial charge in [-0.05, 0) is 48.7 Å². The van der Waals surface area contributed by atoms with Gasteiger partial charge in [0.2, 0.25) is 0 Å². The van der Waals surface area contributed by atoms with E-state index >= 15 is 0 Å². The van der Waals surface area contributed by atoms with Gasteiger partial charge in [0.1, 0.15) is 5.82 Å². The maximum atomic E-state index is 13.8. The topological polar surface area (TPSA) is 12.0 Å². The number of benzene rings is 2. The Balaban J connectivity index is 2.56. The molecule has 0 aliphatic heterocycles. The molecule has 0 heterocycles. The monoisotopic (exact) mass is 325 g/mol. The predicted molar refractivity (Wildman–Crippen MR) is 87.9 cm³/mol. The SMILES string of the molecule is CCNC(c1cc(C)c(F)c(C)c1)c1cccc(Cl)c1Cl. The second-order valence-electron chi connectivity index (χ2n) is 5.10. The molecule has 0 spiro atoms. The van der Waals surface area contributed by atoms with Gasteiger partial charge in [-0.3, -0.25) is 0 Å². The number of hydrogen-bond donors (Lipinski definition) is 1. The van der Waals surface area contributed by atoms with Crippen molar-refractivity contribution in [1.29, 1.82) is 0 Å². The summed E-state index contributed by atoms with van der Waals surface area (Å²) < 4.78 is 13.8. The first-order valence-electron chi connectivity index (χ1n) is 6.89. The molecule has 0 aliphatic rings. The van der Waals surface area contributed by atoms with Crippen LogP contribution >= 0.6 is 23.2 Å². The van der Waals surface area contributed by atoms with Crippen LogP contribution in [0, 0.1) is 19.7 Å². The van der Waals surface area contributed by atoms with Gasteiger partial charge in [0.05, 0.1) is 16.1 Å². The molecule has 1 N–H and O–H groups in total. The molecule has 4 heteroatoms. The van der Waals surface area contributed by atoms with E-state index in [2.05, 4.69) is 5.32 Å². The number of halogens is 3. The summed E-state index contributed by atoms with van der Waals surface area (Å²) in [6, 6.07) is 9.17. The van der Waals surface area contributed by atoms with Crippen molar-refractivity contribution in [3.8, 4) is 0 Å². The van der Waals surface area contributed by atoms with Crippen molar-refractivity contribution in [2.75, 3.05) is 6.54 Å². The van der Waals surface area contributed by atoms with E-state index in [0.29, 0.717) is 21.2 Å². The minimum absolute atomic E-state index is 0.112. The van der Waals surface area contributed by atoms with Crippen molar-refractivity contribution in [2.24, 2.45) is 0 Å². The minimum atomic E-state index is -0.161. The quantitative estimate of drug-likeness (QED) is 0.788. The summed E-state index contributed by atoms with van der Waals surface area (Å²) in [5.41, 5.74) is 3.14. The molecule has 0 bridgehead atoms. The molecule has 0 amide bonds. The molecule has 0 fully saturated rings. The van der Waals surface area contributed by atoms with Crippen LogP contribution in [0.4, 0.5) is 4.39 Å². The highest BCUT2D eigenvalue weighted by molar-refractivity contribution is 6.42. The zero-order valence-corrected chi connectivity index (χ0v) is 13.8. The van der Waals surface area contributed by atoms with Gasteiger partial charge in [0.15, 0.2) is 0 Å². The molecule has 0 saturated heterocycles. The zero-order chi connectivity index (χ0) is 15.6. The van der Waals surface area contributed by atoms with Gasteiger partial charge in [-0.15, -0.1) is 0 Å². The lowest BCUT2D eigenvalue weighted by Crippen LogP contribution is -2.22. The van der Waals surface area contributed by atoms with Crippen LogP contribution in [0.5, 0.6) is 0 Å². The van der Waals surface area contributed by atoms with Crippen molar-refractivity contribution in [3.63, 3.8) is 0 Å². The standard InChI is InChI=1S/C17H18Cl2FN/c1-4-21-17(13-6-5-7-14(18)15(13)19)12-8-10(2)16(20)11(3)9-12/h5-9,17,21H,4H2,1-3H3. The lowest BCUT2D eigenvalue weighted by molar-refractivity contribution is 0.598. The van der Waals surface area contributed by atoms with Crippen molar-refractivity contribution in [1.82, 2.24) is 5.32 Å². The Morgan fingerprint density at radius 3 is 2.33 bits per heavy atom. The van der Waals surface area contributed by atoms with Gasteiger partial charge in [-0.2, -0.15) is 0 Å². The summed E-state index contributed by atoms with van der Waals surface area (Å²) in [7, 11) is 0. The first kappa shape index (κ1) is 16.3. The van der Waals surface area contributed by atoms with Crippen LogP contribution in [0.2, 0.25) is 10.0 Å². The molecule has 21 heavy (non-hydrogen) atoms. The third-order valence-corrected chi connectivity index (χ3v) is 4.33. The Morgan fingerprint density at radius 2 is 1.76 bits per heavy atom. The van der Waals surface area contributed by atoms with E-state index < -0.39 is 0 Å². The van der Waals surface area contributed by atoms with E-state index in [1.165, 1.54) is 0 Å². The first-order valence-corrected chi connectivity index (χ1v) is 7.65. The predicted octanol–water partition coefficient (Wildman–Crippen LogP) is 5.45. The van der Waals surface area contributed by atoms with E-state index in [-0.39, 0.29) is 11.9 Å². The Hall–Kier alpha value is -1.09. The lowest BCUT2D eigenvalue weighted by Gasteiger charge is -2.22. The molecule has 1 atom stereocenters. The van der Waals surface area contributed by atoms with E-state index in [1.807, 2.05) is 31.2 Å². The van der Waals surface area contributed by atoms with Crippen molar-refractivity contribution in [2.45, 2.75) is 26.8 Å². The van der Waals surface area contributed by atoms with E-state index in [4.69, 9.17) is 23.2 Å². The van der Waals surface area contributed by atoms with Gasteiger partial charge in [0, 0.05) is 0 Å². The molecule has 2 aromatic carbocycles. The fraction of sp³-hybridized carbons (Fsp3) is 0.294. The van der Waals surface area contributed by atoms with Crippen molar-refractivity contribution >= 4 is 23.2 Å². The second-order valence-corrected chi connectivity index (χ2v) is 5.89. The maximum Gasteiger partial charge on any atom is 0.129 e. The number of aryl methyl sites for hydroxylation is 2. The lowest BCUT2D eigenvalue weighted by atomic mass is 9.95.